The summed E-state index contributed by atoms with van der Waals surface area (Å²) in [6.45, 7) is 6.74. The molecule has 0 bridgehead atoms. The van der Waals surface area contributed by atoms with Crippen LogP contribution in [0.1, 0.15) is 85.0 Å². The maximum absolute atomic E-state index is 12.3. The Bertz CT molecular complexity index is 590. The standard InChI is InChI=1S/C23H38O6/c1-5-6-14-22(2,3)15-8-9-17-12-13-20(25)19(17)11-7-10-18(24)16-23(27,28)21(26)29-4/h8-9,17,19,27-28H,5-7,10-16H2,1-4H3/b9-8+/t17-,19+/m0/s1. The lowest BCUT2D eigenvalue weighted by atomic mass is 9.83. The van der Waals surface area contributed by atoms with Crippen LogP contribution >= 0.6 is 0 Å². The minimum absolute atomic E-state index is 0.0774. The number of aliphatic hydroxyl groups is 2. The normalized spacial score (nSPS) is 20.4. The van der Waals surface area contributed by atoms with Crippen LogP contribution in [0.2, 0.25) is 0 Å². The minimum atomic E-state index is -2.79. The van der Waals surface area contributed by atoms with Gasteiger partial charge in [0.15, 0.2) is 0 Å². The monoisotopic (exact) mass is 410 g/mol. The maximum Gasteiger partial charge on any atom is 0.366 e. The Morgan fingerprint density at radius 1 is 1.24 bits per heavy atom. The number of Topliss-reactive ketones (excluding diaryl/α,β-unsaturated/α-hetero) is 2. The van der Waals surface area contributed by atoms with E-state index in [0.717, 1.165) is 20.0 Å². The summed E-state index contributed by atoms with van der Waals surface area (Å²) in [5.41, 5.74) is 0.262. The molecule has 6 nitrogen and oxygen atoms in total. The van der Waals surface area contributed by atoms with Gasteiger partial charge in [-0.2, -0.15) is 0 Å². The first kappa shape index (κ1) is 25.5. The number of carbonyl (C=O) groups excluding carboxylic acids is 3. The van der Waals surface area contributed by atoms with E-state index in [1.165, 1.54) is 19.3 Å². The van der Waals surface area contributed by atoms with Gasteiger partial charge in [0, 0.05) is 18.8 Å². The molecule has 1 aliphatic rings. The van der Waals surface area contributed by atoms with E-state index < -0.39 is 24.0 Å². The molecule has 0 aromatic heterocycles. The second-order valence-corrected chi connectivity index (χ2v) is 9.09. The molecule has 2 N–H and O–H groups in total. The third kappa shape index (κ3) is 8.79. The van der Waals surface area contributed by atoms with Gasteiger partial charge < -0.3 is 14.9 Å². The van der Waals surface area contributed by atoms with Crippen molar-refractivity contribution in [1.29, 1.82) is 0 Å². The van der Waals surface area contributed by atoms with Crippen LogP contribution in [0, 0.1) is 17.3 Å². The first-order valence-electron chi connectivity index (χ1n) is 10.8. The molecule has 1 fully saturated rings. The van der Waals surface area contributed by atoms with Crippen molar-refractivity contribution < 1.29 is 29.3 Å². The van der Waals surface area contributed by atoms with Gasteiger partial charge in [-0.3, -0.25) is 9.59 Å². The molecule has 6 heteroatoms. The number of ketones is 2. The zero-order chi connectivity index (χ0) is 22.1. The van der Waals surface area contributed by atoms with Crippen molar-refractivity contribution in [1.82, 2.24) is 0 Å². The van der Waals surface area contributed by atoms with E-state index in [-0.39, 0.29) is 29.5 Å². The fourth-order valence-electron chi connectivity index (χ4n) is 3.98. The Labute approximate surface area is 174 Å². The third-order valence-electron chi connectivity index (χ3n) is 5.84. The summed E-state index contributed by atoms with van der Waals surface area (Å²) < 4.78 is 4.27. The number of hydrogen-bond donors (Lipinski definition) is 2. The predicted molar refractivity (Wildman–Crippen MR) is 111 cm³/mol. The highest BCUT2D eigenvalue weighted by atomic mass is 16.6. The molecule has 1 aliphatic carbocycles. The van der Waals surface area contributed by atoms with Gasteiger partial charge in [0.2, 0.25) is 0 Å². The quantitative estimate of drug-likeness (QED) is 0.273. The van der Waals surface area contributed by atoms with Crippen molar-refractivity contribution in [2.75, 3.05) is 7.11 Å². The largest absolute Gasteiger partial charge is 0.465 e. The summed E-state index contributed by atoms with van der Waals surface area (Å²) in [4.78, 5) is 35.5. The van der Waals surface area contributed by atoms with Gasteiger partial charge in [-0.25, -0.2) is 4.79 Å². The van der Waals surface area contributed by atoms with E-state index in [2.05, 4.69) is 37.7 Å². The van der Waals surface area contributed by atoms with Crippen LogP contribution in [0.15, 0.2) is 12.2 Å². The number of esters is 1. The lowest BCUT2D eigenvalue weighted by Crippen LogP contribution is -2.41. The van der Waals surface area contributed by atoms with E-state index in [0.29, 0.717) is 19.3 Å². The van der Waals surface area contributed by atoms with E-state index >= 15 is 0 Å². The van der Waals surface area contributed by atoms with E-state index in [4.69, 9.17) is 0 Å². The summed E-state index contributed by atoms with van der Waals surface area (Å²) in [5, 5.41) is 19.1. The molecule has 0 radical (unpaired) electrons. The van der Waals surface area contributed by atoms with Crippen molar-refractivity contribution in [3.8, 4) is 0 Å². The van der Waals surface area contributed by atoms with Crippen LogP contribution in [0.25, 0.3) is 0 Å². The molecular formula is C23H38O6. The van der Waals surface area contributed by atoms with Crippen LogP contribution in [0.5, 0.6) is 0 Å². The van der Waals surface area contributed by atoms with Crippen molar-refractivity contribution in [3.63, 3.8) is 0 Å². The van der Waals surface area contributed by atoms with Crippen molar-refractivity contribution in [3.05, 3.63) is 12.2 Å². The molecule has 0 aromatic carbocycles. The van der Waals surface area contributed by atoms with E-state index in [9.17, 15) is 24.6 Å². The second-order valence-electron chi connectivity index (χ2n) is 9.09. The highest BCUT2D eigenvalue weighted by Gasteiger charge is 2.37. The summed E-state index contributed by atoms with van der Waals surface area (Å²) in [5.74, 6) is -4.09. The minimum Gasteiger partial charge on any atom is -0.465 e. The molecule has 1 rings (SSSR count). The average molecular weight is 411 g/mol. The lowest BCUT2D eigenvalue weighted by molar-refractivity contribution is -0.208. The fourth-order valence-corrected chi connectivity index (χ4v) is 3.98. The van der Waals surface area contributed by atoms with Gasteiger partial charge in [0.1, 0.15) is 11.6 Å². The highest BCUT2D eigenvalue weighted by Crippen LogP contribution is 2.35. The Hall–Kier alpha value is -1.53. The Morgan fingerprint density at radius 3 is 2.55 bits per heavy atom. The number of carbonyl (C=O) groups is 3. The first-order chi connectivity index (χ1) is 13.5. The number of ether oxygens (including phenoxy) is 1. The zero-order valence-electron chi connectivity index (χ0n) is 18.4. The van der Waals surface area contributed by atoms with Gasteiger partial charge in [0.25, 0.3) is 5.79 Å². The molecule has 0 unspecified atom stereocenters. The van der Waals surface area contributed by atoms with Gasteiger partial charge >= 0.3 is 5.97 Å². The van der Waals surface area contributed by atoms with Gasteiger partial charge in [-0.1, -0.05) is 45.8 Å². The fraction of sp³-hybridized carbons (Fsp3) is 0.783. The van der Waals surface area contributed by atoms with Crippen molar-refractivity contribution >= 4 is 17.5 Å². The van der Waals surface area contributed by atoms with E-state index in [1.807, 2.05) is 0 Å². The highest BCUT2D eigenvalue weighted by molar-refractivity contribution is 5.87. The molecule has 0 aromatic rings. The maximum atomic E-state index is 12.3. The molecule has 0 heterocycles. The molecule has 0 spiro atoms. The van der Waals surface area contributed by atoms with Gasteiger partial charge in [0.05, 0.1) is 13.5 Å². The molecule has 1 saturated carbocycles. The molecular weight excluding hydrogens is 372 g/mol. The average Bonchev–Trinajstić information content (AvgIpc) is 2.98. The molecule has 29 heavy (non-hydrogen) atoms. The summed E-state index contributed by atoms with van der Waals surface area (Å²) in [6, 6.07) is 0. The van der Waals surface area contributed by atoms with Gasteiger partial charge in [-0.15, -0.1) is 0 Å². The third-order valence-corrected chi connectivity index (χ3v) is 5.84. The van der Waals surface area contributed by atoms with Crippen LogP contribution < -0.4 is 0 Å². The number of unbranched alkanes of at least 4 members (excludes halogenated alkanes) is 1. The number of methoxy groups -OCH3 is 1. The molecule has 0 amide bonds. The Morgan fingerprint density at radius 2 is 1.93 bits per heavy atom. The Balaban J connectivity index is 2.49. The first-order valence-corrected chi connectivity index (χ1v) is 10.8. The van der Waals surface area contributed by atoms with Crippen molar-refractivity contribution in [2.24, 2.45) is 17.3 Å². The van der Waals surface area contributed by atoms with Crippen LogP contribution in [-0.4, -0.2) is 40.6 Å². The Kier molecular flexibility index (Phi) is 10.2. The predicted octanol–water partition coefficient (Wildman–Crippen LogP) is 3.73. The summed E-state index contributed by atoms with van der Waals surface area (Å²) in [7, 11) is 1.03. The van der Waals surface area contributed by atoms with Crippen LogP contribution in [0.4, 0.5) is 0 Å². The van der Waals surface area contributed by atoms with E-state index in [1.54, 1.807) is 0 Å². The van der Waals surface area contributed by atoms with Crippen molar-refractivity contribution in [2.45, 2.75) is 90.8 Å². The zero-order valence-corrected chi connectivity index (χ0v) is 18.4. The smallest absolute Gasteiger partial charge is 0.366 e. The second kappa shape index (κ2) is 11.6. The van der Waals surface area contributed by atoms with Crippen LogP contribution in [-0.2, 0) is 19.1 Å². The molecule has 2 atom stereocenters. The topological polar surface area (TPSA) is 101 Å². The SMILES string of the molecule is CCCCC(C)(C)C/C=C/[C@H]1CCC(=O)[C@@H]1CCCC(=O)CC(O)(O)C(=O)OC. The number of allylic oxidation sites excluding steroid dienone is 2. The summed E-state index contributed by atoms with van der Waals surface area (Å²) in [6.07, 6.45) is 10.9. The molecule has 0 saturated heterocycles. The lowest BCUT2D eigenvalue weighted by Gasteiger charge is -2.23. The van der Waals surface area contributed by atoms with Gasteiger partial charge in [-0.05, 0) is 43.4 Å². The summed E-state index contributed by atoms with van der Waals surface area (Å²) >= 11 is 0. The number of hydrogen-bond acceptors (Lipinski definition) is 6. The molecule has 166 valence electrons. The number of rotatable bonds is 13. The molecule has 0 aliphatic heterocycles. The van der Waals surface area contributed by atoms with Crippen LogP contribution in [0.3, 0.4) is 0 Å².